The Bertz CT molecular complexity index is 712. The third-order valence-corrected chi connectivity index (χ3v) is 4.98. The van der Waals surface area contributed by atoms with Crippen LogP contribution in [-0.4, -0.2) is 4.98 Å². The topological polar surface area (TPSA) is 24.9 Å². The van der Waals surface area contributed by atoms with Crippen molar-refractivity contribution in [2.24, 2.45) is 5.92 Å². The molecule has 2 heterocycles. The Balaban J connectivity index is 1.84. The molecule has 3 atom stereocenters. The summed E-state index contributed by atoms with van der Waals surface area (Å²) in [7, 11) is 0. The van der Waals surface area contributed by atoms with Crippen LogP contribution in [0.1, 0.15) is 29.5 Å². The lowest BCUT2D eigenvalue weighted by Gasteiger charge is -2.38. The lowest BCUT2D eigenvalue weighted by Crippen LogP contribution is -2.29. The predicted octanol–water partition coefficient (Wildman–Crippen LogP) is 5.21. The zero-order valence-corrected chi connectivity index (χ0v) is 12.8. The maximum Gasteiger partial charge on any atom is 0.0555 e. The molecule has 4 rings (SSSR count). The molecular weight excluding hydrogens is 303 g/mol. The van der Waals surface area contributed by atoms with Crippen LogP contribution in [0.25, 0.3) is 0 Å². The summed E-state index contributed by atoms with van der Waals surface area (Å²) in [6.45, 7) is 0. The Morgan fingerprint density at radius 3 is 2.76 bits per heavy atom. The third kappa shape index (κ3) is 2.14. The van der Waals surface area contributed by atoms with Crippen LogP contribution in [0.5, 0.6) is 0 Å². The number of allylic oxidation sites excluding steroid dienone is 2. The number of rotatable bonds is 1. The van der Waals surface area contributed by atoms with E-state index in [-0.39, 0.29) is 6.04 Å². The first kappa shape index (κ1) is 13.2. The van der Waals surface area contributed by atoms with Crippen molar-refractivity contribution in [1.82, 2.24) is 4.98 Å². The Hall–Kier alpha value is -1.51. The van der Waals surface area contributed by atoms with Crippen molar-refractivity contribution >= 4 is 28.9 Å². The van der Waals surface area contributed by atoms with Gasteiger partial charge in [0.1, 0.15) is 0 Å². The Morgan fingerprint density at radius 1 is 1.14 bits per heavy atom. The molecule has 4 heteroatoms. The Labute approximate surface area is 133 Å². The molecule has 0 saturated carbocycles. The molecule has 0 bridgehead atoms. The number of benzene rings is 1. The number of fused-ring (bicyclic) bond motifs is 3. The quantitative estimate of drug-likeness (QED) is 0.730. The molecular formula is C17H14Cl2N2. The second-order valence-corrected chi connectivity index (χ2v) is 6.45. The average molecular weight is 317 g/mol. The summed E-state index contributed by atoms with van der Waals surface area (Å²) in [5, 5.41) is 5.05. The molecule has 106 valence electrons. The van der Waals surface area contributed by atoms with Crippen LogP contribution in [0.3, 0.4) is 0 Å². The molecule has 2 nitrogen and oxygen atoms in total. The van der Waals surface area contributed by atoms with E-state index in [0.717, 1.165) is 17.1 Å². The van der Waals surface area contributed by atoms with E-state index in [9.17, 15) is 0 Å². The number of halogens is 2. The molecule has 21 heavy (non-hydrogen) atoms. The summed E-state index contributed by atoms with van der Waals surface area (Å²) in [6, 6.07) is 8.21. The first-order valence-electron chi connectivity index (χ1n) is 7.06. The average Bonchev–Trinajstić information content (AvgIpc) is 2.95. The van der Waals surface area contributed by atoms with Gasteiger partial charge in [0, 0.05) is 39.6 Å². The largest absolute Gasteiger partial charge is 0.378 e. The van der Waals surface area contributed by atoms with Gasteiger partial charge in [-0.2, -0.15) is 0 Å². The van der Waals surface area contributed by atoms with E-state index >= 15 is 0 Å². The molecule has 1 aromatic carbocycles. The number of nitrogens with one attached hydrogen (secondary N) is 1. The van der Waals surface area contributed by atoms with E-state index in [1.807, 2.05) is 24.5 Å². The zero-order chi connectivity index (χ0) is 14.4. The molecule has 0 saturated heterocycles. The summed E-state index contributed by atoms with van der Waals surface area (Å²) < 4.78 is 0. The van der Waals surface area contributed by atoms with E-state index in [2.05, 4.69) is 34.6 Å². The van der Waals surface area contributed by atoms with Gasteiger partial charge in [-0.15, -0.1) is 0 Å². The summed E-state index contributed by atoms with van der Waals surface area (Å²) in [6.07, 6.45) is 9.27. The third-order valence-electron chi connectivity index (χ3n) is 4.44. The zero-order valence-electron chi connectivity index (χ0n) is 11.3. The fourth-order valence-corrected chi connectivity index (χ4v) is 4.16. The second kappa shape index (κ2) is 5.04. The number of pyridine rings is 1. The van der Waals surface area contributed by atoms with E-state index in [1.54, 1.807) is 0 Å². The van der Waals surface area contributed by atoms with Crippen molar-refractivity contribution in [3.05, 3.63) is 70.0 Å². The van der Waals surface area contributed by atoms with Crippen molar-refractivity contribution < 1.29 is 0 Å². The van der Waals surface area contributed by atoms with Crippen LogP contribution in [0.2, 0.25) is 10.0 Å². The summed E-state index contributed by atoms with van der Waals surface area (Å²) in [4.78, 5) is 4.11. The van der Waals surface area contributed by atoms with Crippen LogP contribution in [-0.2, 0) is 0 Å². The second-order valence-electron chi connectivity index (χ2n) is 5.60. The molecule has 1 aliphatic heterocycles. The van der Waals surface area contributed by atoms with Crippen molar-refractivity contribution in [3.63, 3.8) is 0 Å². The van der Waals surface area contributed by atoms with Gasteiger partial charge in [-0.3, -0.25) is 4.98 Å². The highest BCUT2D eigenvalue weighted by Gasteiger charge is 2.39. The molecule has 1 N–H and O–H groups in total. The minimum absolute atomic E-state index is 0.259. The standard InChI is InChI=1S/C17H14Cl2N2/c18-11-8-14(19)16-12-2-1-3-13(12)17(21-15(16)9-11)10-4-6-20-7-5-10/h1-2,4-9,12-13,17,21H,3H2/t12-,13-,17+/m0/s1. The molecule has 1 aromatic heterocycles. The monoisotopic (exact) mass is 316 g/mol. The fourth-order valence-electron chi connectivity index (χ4n) is 3.54. The van der Waals surface area contributed by atoms with E-state index in [1.165, 1.54) is 11.1 Å². The van der Waals surface area contributed by atoms with Gasteiger partial charge in [-0.1, -0.05) is 35.4 Å². The van der Waals surface area contributed by atoms with Gasteiger partial charge in [0.25, 0.3) is 0 Å². The van der Waals surface area contributed by atoms with Crippen molar-refractivity contribution in [3.8, 4) is 0 Å². The number of anilines is 1. The van der Waals surface area contributed by atoms with E-state index in [4.69, 9.17) is 23.2 Å². The molecule has 0 spiro atoms. The molecule has 0 fully saturated rings. The minimum atomic E-state index is 0.259. The molecule has 2 aromatic rings. The maximum absolute atomic E-state index is 6.44. The number of nitrogens with zero attached hydrogens (tertiary/aromatic N) is 1. The van der Waals surface area contributed by atoms with Crippen LogP contribution in [0, 0.1) is 5.92 Å². The first-order chi connectivity index (χ1) is 10.2. The summed E-state index contributed by atoms with van der Waals surface area (Å²) in [5.41, 5.74) is 3.47. The minimum Gasteiger partial charge on any atom is -0.378 e. The predicted molar refractivity (Wildman–Crippen MR) is 87.1 cm³/mol. The van der Waals surface area contributed by atoms with E-state index in [0.29, 0.717) is 16.9 Å². The molecule has 1 aliphatic carbocycles. The number of aromatic nitrogens is 1. The van der Waals surface area contributed by atoms with Crippen LogP contribution < -0.4 is 5.32 Å². The van der Waals surface area contributed by atoms with Gasteiger partial charge in [0.15, 0.2) is 0 Å². The highest BCUT2D eigenvalue weighted by Crippen LogP contribution is 2.52. The SMILES string of the molecule is Clc1cc(Cl)c2c(c1)N[C@H](c1ccncc1)[C@H]1CC=C[C@H]21. The Morgan fingerprint density at radius 2 is 1.95 bits per heavy atom. The summed E-state index contributed by atoms with van der Waals surface area (Å²) in [5.74, 6) is 0.836. The van der Waals surface area contributed by atoms with Gasteiger partial charge in [0.2, 0.25) is 0 Å². The van der Waals surface area contributed by atoms with Crippen molar-refractivity contribution in [2.45, 2.75) is 18.4 Å². The van der Waals surface area contributed by atoms with Gasteiger partial charge >= 0.3 is 0 Å². The lowest BCUT2D eigenvalue weighted by molar-refractivity contribution is 0.425. The smallest absolute Gasteiger partial charge is 0.0555 e. The first-order valence-corrected chi connectivity index (χ1v) is 7.81. The lowest BCUT2D eigenvalue weighted by atomic mass is 9.77. The van der Waals surface area contributed by atoms with Crippen molar-refractivity contribution in [2.75, 3.05) is 5.32 Å². The normalized spacial score (nSPS) is 26.1. The molecule has 0 unspecified atom stereocenters. The highest BCUT2D eigenvalue weighted by atomic mass is 35.5. The van der Waals surface area contributed by atoms with Gasteiger partial charge in [-0.05, 0) is 42.2 Å². The highest BCUT2D eigenvalue weighted by molar-refractivity contribution is 6.35. The van der Waals surface area contributed by atoms with Gasteiger partial charge in [-0.25, -0.2) is 0 Å². The maximum atomic E-state index is 6.44. The fraction of sp³-hybridized carbons (Fsp3) is 0.235. The van der Waals surface area contributed by atoms with Crippen LogP contribution >= 0.6 is 23.2 Å². The van der Waals surface area contributed by atoms with Gasteiger partial charge in [0.05, 0.1) is 6.04 Å². The molecule has 0 radical (unpaired) electrons. The number of hydrogen-bond acceptors (Lipinski definition) is 2. The molecule has 0 amide bonds. The summed E-state index contributed by atoms with van der Waals surface area (Å²) >= 11 is 12.6. The number of hydrogen-bond donors (Lipinski definition) is 1. The van der Waals surface area contributed by atoms with Gasteiger partial charge < -0.3 is 5.32 Å². The van der Waals surface area contributed by atoms with Crippen molar-refractivity contribution in [1.29, 1.82) is 0 Å². The van der Waals surface area contributed by atoms with Crippen LogP contribution in [0.15, 0.2) is 48.8 Å². The van der Waals surface area contributed by atoms with Crippen LogP contribution in [0.4, 0.5) is 5.69 Å². The Kier molecular flexibility index (Phi) is 3.16. The van der Waals surface area contributed by atoms with E-state index < -0.39 is 0 Å². The molecule has 2 aliphatic rings.